The summed E-state index contributed by atoms with van der Waals surface area (Å²) in [5, 5.41) is 17.4. The molecule has 1 aliphatic rings. The molecule has 4 aromatic rings. The normalized spacial score (nSPS) is 14.1. The van der Waals surface area contributed by atoms with Crippen LogP contribution in [0.5, 0.6) is 0 Å². The number of fused-ring (bicyclic) bond motifs is 2. The van der Waals surface area contributed by atoms with Crippen molar-refractivity contribution in [1.29, 1.82) is 5.26 Å². The number of nitrogens with one attached hydrogen (secondary N) is 3. The van der Waals surface area contributed by atoms with Gasteiger partial charge in [-0.3, -0.25) is 15.7 Å². The third-order valence-electron chi connectivity index (χ3n) is 6.93. The van der Waals surface area contributed by atoms with E-state index in [4.69, 9.17) is 34.8 Å². The van der Waals surface area contributed by atoms with Crippen LogP contribution >= 0.6 is 23.2 Å². The molecule has 0 spiro atoms. The third kappa shape index (κ3) is 5.48. The second-order valence-electron chi connectivity index (χ2n) is 9.49. The summed E-state index contributed by atoms with van der Waals surface area (Å²) in [5.41, 5.74) is 15.3. The Morgan fingerprint density at radius 2 is 1.90 bits per heavy atom. The first-order valence-electron chi connectivity index (χ1n) is 12.6. The number of pyridine rings is 1. The van der Waals surface area contributed by atoms with Crippen molar-refractivity contribution in [3.63, 3.8) is 0 Å². The van der Waals surface area contributed by atoms with Gasteiger partial charge in [-0.2, -0.15) is 5.26 Å². The Morgan fingerprint density at radius 3 is 2.62 bits per heavy atom. The van der Waals surface area contributed by atoms with Gasteiger partial charge in [-0.1, -0.05) is 48.3 Å². The molecule has 2 heterocycles. The molecule has 40 heavy (non-hydrogen) atoms. The van der Waals surface area contributed by atoms with Crippen LogP contribution in [-0.2, 0) is 13.1 Å². The second-order valence-corrected chi connectivity index (χ2v) is 10.3. The number of rotatable bonds is 8. The molecule has 8 nitrogen and oxygen atoms in total. The summed E-state index contributed by atoms with van der Waals surface area (Å²) in [4.78, 5) is 6.77. The molecule has 5 rings (SSSR count). The molecule has 0 saturated carbocycles. The number of nitrogens with two attached hydrogens (primary N) is 2. The average molecular weight is 577 g/mol. The highest BCUT2D eigenvalue weighted by molar-refractivity contribution is 6.36. The highest BCUT2D eigenvalue weighted by atomic mass is 35.5. The van der Waals surface area contributed by atoms with Crippen LogP contribution in [0.1, 0.15) is 35.2 Å². The van der Waals surface area contributed by atoms with Gasteiger partial charge < -0.3 is 21.8 Å². The Bertz CT molecular complexity index is 1670. The Labute approximate surface area is 241 Å². The molecule has 0 amide bonds. The Hall–Kier alpha value is -4.07. The molecule has 0 bridgehead atoms. The number of nitrogens with zero attached hydrogens (tertiary/aromatic N) is 3. The van der Waals surface area contributed by atoms with Crippen LogP contribution in [0, 0.1) is 17.1 Å². The highest BCUT2D eigenvalue weighted by Crippen LogP contribution is 2.37. The molecule has 0 saturated heterocycles. The van der Waals surface area contributed by atoms with Gasteiger partial charge in [-0.25, -0.2) is 4.39 Å². The molecule has 1 aromatic heterocycles. The van der Waals surface area contributed by atoms with E-state index < -0.39 is 11.9 Å². The van der Waals surface area contributed by atoms with Crippen molar-refractivity contribution >= 4 is 51.2 Å². The molecule has 204 valence electrons. The lowest BCUT2D eigenvalue weighted by atomic mass is 9.98. The largest absolute Gasteiger partial charge is 0.399 e. The molecular weight excluding hydrogens is 550 g/mol. The Kier molecular flexibility index (Phi) is 7.96. The molecule has 11 heteroatoms. The number of aromatic nitrogens is 1. The third-order valence-corrected chi connectivity index (χ3v) is 7.51. The van der Waals surface area contributed by atoms with Crippen LogP contribution < -0.4 is 27.6 Å². The van der Waals surface area contributed by atoms with E-state index in [1.54, 1.807) is 6.07 Å². The van der Waals surface area contributed by atoms with E-state index in [1.807, 2.05) is 6.07 Å². The summed E-state index contributed by atoms with van der Waals surface area (Å²) in [6.45, 7) is 4.91. The fourth-order valence-electron chi connectivity index (χ4n) is 4.87. The number of hydrogen-bond acceptors (Lipinski definition) is 8. The van der Waals surface area contributed by atoms with Gasteiger partial charge in [0.2, 0.25) is 0 Å². The van der Waals surface area contributed by atoms with E-state index in [2.05, 4.69) is 57.1 Å². The maximum Gasteiger partial charge on any atom is 0.141 e. The standard InChI is InChI=1S/C29H27Cl2FN8/c1-2-40-14-17-4-3-16(7-18(17)15-40)28(26(34)13-37-35)39-21-8-22-27(38-20-5-6-25(32)23(30)9-20)19(11-33)12-36-29(22)24(31)10-21/h3-10,12-13,28,37,39H,2,14-15,34-35H2,1H3,(H,36,38)/b26-13-/t28-/m0/s1. The molecule has 0 unspecified atom stereocenters. The van der Waals surface area contributed by atoms with Gasteiger partial charge >= 0.3 is 0 Å². The zero-order chi connectivity index (χ0) is 28.4. The van der Waals surface area contributed by atoms with Gasteiger partial charge in [0.15, 0.2) is 0 Å². The first-order valence-corrected chi connectivity index (χ1v) is 13.3. The van der Waals surface area contributed by atoms with Gasteiger partial charge in [0.1, 0.15) is 11.9 Å². The van der Waals surface area contributed by atoms with Crippen LogP contribution in [0.15, 0.2) is 66.6 Å². The monoisotopic (exact) mass is 576 g/mol. The SMILES string of the molecule is CCN1Cc2ccc([C@H](Nc3cc(Cl)c4ncc(C#N)c(Nc5ccc(F)c(Cl)c5)c4c3)/C(N)=C/NN)cc2C1. The van der Waals surface area contributed by atoms with Crippen LogP contribution in [0.25, 0.3) is 10.9 Å². The number of nitriles is 1. The molecule has 3 aromatic carbocycles. The van der Waals surface area contributed by atoms with Crippen molar-refractivity contribution in [2.75, 3.05) is 17.2 Å². The number of hydrogen-bond donors (Lipinski definition) is 5. The van der Waals surface area contributed by atoms with E-state index in [9.17, 15) is 9.65 Å². The summed E-state index contributed by atoms with van der Waals surface area (Å²) in [5.74, 6) is 5.02. The van der Waals surface area contributed by atoms with Crippen LogP contribution in [0.2, 0.25) is 10.0 Å². The van der Waals surface area contributed by atoms with E-state index in [-0.39, 0.29) is 10.6 Å². The van der Waals surface area contributed by atoms with Gasteiger partial charge in [-0.15, -0.1) is 0 Å². The van der Waals surface area contributed by atoms with Crippen LogP contribution in [0.3, 0.4) is 0 Å². The van der Waals surface area contributed by atoms with E-state index in [1.165, 1.54) is 41.7 Å². The number of benzene rings is 3. The summed E-state index contributed by atoms with van der Waals surface area (Å²) in [6, 6.07) is 15.9. The van der Waals surface area contributed by atoms with Crippen molar-refractivity contribution in [2.45, 2.75) is 26.1 Å². The predicted molar refractivity (Wildman–Crippen MR) is 158 cm³/mol. The van der Waals surface area contributed by atoms with Crippen LogP contribution in [0.4, 0.5) is 21.5 Å². The smallest absolute Gasteiger partial charge is 0.141 e. The fourth-order valence-corrected chi connectivity index (χ4v) is 5.32. The zero-order valence-electron chi connectivity index (χ0n) is 21.6. The molecule has 0 radical (unpaired) electrons. The summed E-state index contributed by atoms with van der Waals surface area (Å²) >= 11 is 12.7. The van der Waals surface area contributed by atoms with Crippen molar-refractivity contribution in [3.8, 4) is 6.07 Å². The predicted octanol–water partition coefficient (Wildman–Crippen LogP) is 6.05. The van der Waals surface area contributed by atoms with Crippen molar-refractivity contribution in [3.05, 3.63) is 105 Å². The lowest BCUT2D eigenvalue weighted by Gasteiger charge is -2.23. The number of halogens is 3. The maximum atomic E-state index is 13.8. The lowest BCUT2D eigenvalue weighted by molar-refractivity contribution is 0.301. The minimum atomic E-state index is -0.542. The summed E-state index contributed by atoms with van der Waals surface area (Å²) in [7, 11) is 0. The fraction of sp³-hybridized carbons (Fsp3) is 0.172. The topological polar surface area (TPSA) is 128 Å². The van der Waals surface area contributed by atoms with Crippen LogP contribution in [-0.4, -0.2) is 16.4 Å². The van der Waals surface area contributed by atoms with E-state index in [0.717, 1.165) is 25.2 Å². The Morgan fingerprint density at radius 1 is 1.12 bits per heavy atom. The first-order chi connectivity index (χ1) is 19.3. The van der Waals surface area contributed by atoms with Crippen molar-refractivity contribution in [2.24, 2.45) is 11.6 Å². The van der Waals surface area contributed by atoms with E-state index >= 15 is 0 Å². The summed E-state index contributed by atoms with van der Waals surface area (Å²) < 4.78 is 13.8. The first kappa shape index (κ1) is 27.5. The van der Waals surface area contributed by atoms with Gasteiger partial charge in [0.25, 0.3) is 0 Å². The molecule has 1 atom stereocenters. The van der Waals surface area contributed by atoms with Crippen molar-refractivity contribution < 1.29 is 4.39 Å². The quantitative estimate of drug-likeness (QED) is 0.127. The Balaban J connectivity index is 1.57. The maximum absolute atomic E-state index is 13.8. The number of anilines is 3. The van der Waals surface area contributed by atoms with Crippen molar-refractivity contribution in [1.82, 2.24) is 15.3 Å². The molecule has 0 aliphatic carbocycles. The molecule has 0 fully saturated rings. The molecular formula is C29H27Cl2FN8. The number of hydrazine groups is 1. The minimum absolute atomic E-state index is 0.0442. The average Bonchev–Trinajstić information content (AvgIpc) is 3.37. The highest BCUT2D eigenvalue weighted by Gasteiger charge is 2.22. The zero-order valence-corrected chi connectivity index (χ0v) is 23.1. The lowest BCUT2D eigenvalue weighted by Crippen LogP contribution is -2.24. The van der Waals surface area contributed by atoms with Gasteiger partial charge in [0.05, 0.1) is 38.6 Å². The van der Waals surface area contributed by atoms with E-state index in [0.29, 0.717) is 38.7 Å². The molecule has 1 aliphatic heterocycles. The molecule has 7 N–H and O–H groups in total. The van der Waals surface area contributed by atoms with Gasteiger partial charge in [0, 0.05) is 42.2 Å². The minimum Gasteiger partial charge on any atom is -0.399 e. The summed E-state index contributed by atoms with van der Waals surface area (Å²) in [6.07, 6.45) is 2.97. The second kappa shape index (κ2) is 11.6. The van der Waals surface area contributed by atoms with Gasteiger partial charge in [-0.05, 0) is 53.6 Å².